The average Bonchev–Trinajstić information content (AvgIpc) is 2.82. The van der Waals surface area contributed by atoms with E-state index in [1.807, 2.05) is 0 Å². The van der Waals surface area contributed by atoms with Gasteiger partial charge in [0, 0.05) is 30.4 Å². The number of carbonyl (C=O) groups is 2. The molecule has 1 atom stereocenters. The average molecular weight is 297 g/mol. The molecule has 0 aliphatic carbocycles. The molecule has 20 heavy (non-hydrogen) atoms. The molecule has 1 unspecified atom stereocenters. The molecule has 1 saturated heterocycles. The van der Waals surface area contributed by atoms with Crippen LogP contribution in [-0.2, 0) is 9.59 Å². The van der Waals surface area contributed by atoms with Gasteiger partial charge in [0.25, 0.3) is 0 Å². The van der Waals surface area contributed by atoms with Gasteiger partial charge in [0.1, 0.15) is 5.92 Å². The van der Waals surface area contributed by atoms with Crippen molar-refractivity contribution in [3.05, 3.63) is 29.3 Å². The molecular formula is C14H17ClN2O3. The van der Waals surface area contributed by atoms with Crippen molar-refractivity contribution in [1.29, 1.82) is 0 Å². The molecule has 2 N–H and O–H groups in total. The zero-order valence-electron chi connectivity index (χ0n) is 11.0. The highest BCUT2D eigenvalue weighted by Gasteiger charge is 2.37. The van der Waals surface area contributed by atoms with Crippen molar-refractivity contribution in [3.63, 3.8) is 0 Å². The highest BCUT2D eigenvalue weighted by molar-refractivity contribution is 6.30. The van der Waals surface area contributed by atoms with Gasteiger partial charge in [-0.2, -0.15) is 0 Å². The minimum absolute atomic E-state index is 0.0236. The zero-order chi connectivity index (χ0) is 14.5. The summed E-state index contributed by atoms with van der Waals surface area (Å²) in [7, 11) is 0. The number of aliphatic hydroxyl groups is 1. The van der Waals surface area contributed by atoms with Gasteiger partial charge in [-0.05, 0) is 37.1 Å². The molecule has 1 heterocycles. The molecular weight excluding hydrogens is 280 g/mol. The highest BCUT2D eigenvalue weighted by atomic mass is 35.5. The van der Waals surface area contributed by atoms with Crippen molar-refractivity contribution in [2.24, 2.45) is 5.92 Å². The van der Waals surface area contributed by atoms with Crippen LogP contribution in [0.25, 0.3) is 0 Å². The first-order valence-electron chi connectivity index (χ1n) is 6.59. The molecule has 2 rings (SSSR count). The lowest BCUT2D eigenvalue weighted by Crippen LogP contribution is -2.37. The first kappa shape index (κ1) is 14.8. The van der Waals surface area contributed by atoms with Gasteiger partial charge in [-0.15, -0.1) is 0 Å². The number of halogens is 1. The standard InChI is InChI=1S/C14H17ClN2O3/c15-10-2-4-11(5-3-10)17-8-6-12(14(17)20)13(19)16-7-1-9-18/h2-5,12,18H,1,6-9H2,(H,16,19). The SMILES string of the molecule is O=C(NCCCO)C1CCN(c2ccc(Cl)cc2)C1=O. The van der Waals surface area contributed by atoms with E-state index in [1.54, 1.807) is 29.2 Å². The summed E-state index contributed by atoms with van der Waals surface area (Å²) in [6.07, 6.45) is 1.000. The van der Waals surface area contributed by atoms with Gasteiger partial charge in [-0.3, -0.25) is 9.59 Å². The molecule has 108 valence electrons. The summed E-state index contributed by atoms with van der Waals surface area (Å²) in [5, 5.41) is 12.0. The van der Waals surface area contributed by atoms with Crippen LogP contribution in [0, 0.1) is 5.92 Å². The Morgan fingerprint density at radius 3 is 2.75 bits per heavy atom. The van der Waals surface area contributed by atoms with Gasteiger partial charge >= 0.3 is 0 Å². The van der Waals surface area contributed by atoms with Crippen LogP contribution < -0.4 is 10.2 Å². The van der Waals surface area contributed by atoms with Gasteiger partial charge in [0.2, 0.25) is 11.8 Å². The van der Waals surface area contributed by atoms with E-state index in [-0.39, 0.29) is 18.4 Å². The zero-order valence-corrected chi connectivity index (χ0v) is 11.8. The Bertz CT molecular complexity index is 490. The second-order valence-corrected chi connectivity index (χ2v) is 5.11. The van der Waals surface area contributed by atoms with Crippen molar-refractivity contribution in [3.8, 4) is 0 Å². The second-order valence-electron chi connectivity index (χ2n) is 4.68. The number of amides is 2. The Kier molecular flexibility index (Phi) is 4.98. The van der Waals surface area contributed by atoms with E-state index in [9.17, 15) is 9.59 Å². The van der Waals surface area contributed by atoms with E-state index >= 15 is 0 Å². The molecule has 6 heteroatoms. The number of hydrogen-bond donors (Lipinski definition) is 2. The van der Waals surface area contributed by atoms with Gasteiger partial charge in [0.05, 0.1) is 0 Å². The number of nitrogens with one attached hydrogen (secondary N) is 1. The third-order valence-corrected chi connectivity index (χ3v) is 3.55. The predicted octanol–water partition coefficient (Wildman–Crippen LogP) is 1.19. The summed E-state index contributed by atoms with van der Waals surface area (Å²) < 4.78 is 0. The Morgan fingerprint density at radius 2 is 2.10 bits per heavy atom. The largest absolute Gasteiger partial charge is 0.396 e. The summed E-state index contributed by atoms with van der Waals surface area (Å²) in [4.78, 5) is 25.8. The van der Waals surface area contributed by atoms with Gasteiger partial charge < -0.3 is 15.3 Å². The number of carbonyl (C=O) groups excluding carboxylic acids is 2. The topological polar surface area (TPSA) is 69.6 Å². The van der Waals surface area contributed by atoms with E-state index in [1.165, 1.54) is 0 Å². The van der Waals surface area contributed by atoms with Crippen LogP contribution >= 0.6 is 11.6 Å². The maximum atomic E-state index is 12.2. The molecule has 0 saturated carbocycles. The maximum absolute atomic E-state index is 12.2. The lowest BCUT2D eigenvalue weighted by molar-refractivity contribution is -0.132. The normalized spacial score (nSPS) is 18.4. The summed E-state index contributed by atoms with van der Waals surface area (Å²) >= 11 is 5.82. The van der Waals surface area contributed by atoms with E-state index in [0.29, 0.717) is 31.0 Å². The molecule has 5 nitrogen and oxygen atoms in total. The van der Waals surface area contributed by atoms with Gasteiger partial charge in [0.15, 0.2) is 0 Å². The van der Waals surface area contributed by atoms with Crippen molar-refractivity contribution >= 4 is 29.1 Å². The molecule has 0 aromatic heterocycles. The van der Waals surface area contributed by atoms with E-state index in [0.717, 1.165) is 5.69 Å². The monoisotopic (exact) mass is 296 g/mol. The summed E-state index contributed by atoms with van der Waals surface area (Å²) in [6.45, 7) is 0.939. The fourth-order valence-electron chi connectivity index (χ4n) is 2.21. The maximum Gasteiger partial charge on any atom is 0.239 e. The molecule has 0 bridgehead atoms. The molecule has 1 aromatic carbocycles. The first-order valence-corrected chi connectivity index (χ1v) is 6.97. The number of anilines is 1. The van der Waals surface area contributed by atoms with Gasteiger partial charge in [-0.1, -0.05) is 11.6 Å². The van der Waals surface area contributed by atoms with Gasteiger partial charge in [-0.25, -0.2) is 0 Å². The van der Waals surface area contributed by atoms with Crippen molar-refractivity contribution in [1.82, 2.24) is 5.32 Å². The van der Waals surface area contributed by atoms with E-state index < -0.39 is 5.92 Å². The number of benzene rings is 1. The third-order valence-electron chi connectivity index (χ3n) is 3.29. The second kappa shape index (κ2) is 6.72. The summed E-state index contributed by atoms with van der Waals surface area (Å²) in [6, 6.07) is 6.98. The molecule has 0 radical (unpaired) electrons. The first-order chi connectivity index (χ1) is 9.63. The molecule has 2 amide bonds. The lowest BCUT2D eigenvalue weighted by Gasteiger charge is -2.16. The molecule has 1 aliphatic heterocycles. The number of nitrogens with zero attached hydrogens (tertiary/aromatic N) is 1. The van der Waals surface area contributed by atoms with Crippen molar-refractivity contribution < 1.29 is 14.7 Å². The predicted molar refractivity (Wildman–Crippen MR) is 76.6 cm³/mol. The number of rotatable bonds is 5. The third kappa shape index (κ3) is 3.29. The van der Waals surface area contributed by atoms with Crippen molar-refractivity contribution in [2.45, 2.75) is 12.8 Å². The molecule has 0 spiro atoms. The molecule has 1 aromatic rings. The van der Waals surface area contributed by atoms with Crippen LogP contribution in [0.5, 0.6) is 0 Å². The van der Waals surface area contributed by atoms with Crippen LogP contribution in [0.3, 0.4) is 0 Å². The summed E-state index contributed by atoms with van der Waals surface area (Å²) in [5.74, 6) is -1.09. The number of hydrogen-bond acceptors (Lipinski definition) is 3. The smallest absolute Gasteiger partial charge is 0.239 e. The minimum atomic E-state index is -0.635. The Labute approximate surface area is 122 Å². The fraction of sp³-hybridized carbons (Fsp3) is 0.429. The quantitative estimate of drug-likeness (QED) is 0.633. The Morgan fingerprint density at radius 1 is 1.40 bits per heavy atom. The van der Waals surface area contributed by atoms with E-state index in [2.05, 4.69) is 5.32 Å². The minimum Gasteiger partial charge on any atom is -0.396 e. The number of aliphatic hydroxyl groups excluding tert-OH is 1. The van der Waals surface area contributed by atoms with Crippen LogP contribution in [0.1, 0.15) is 12.8 Å². The molecule has 1 aliphatic rings. The lowest BCUT2D eigenvalue weighted by atomic mass is 10.1. The van der Waals surface area contributed by atoms with Crippen LogP contribution in [0.4, 0.5) is 5.69 Å². The van der Waals surface area contributed by atoms with Crippen LogP contribution in [0.2, 0.25) is 5.02 Å². The summed E-state index contributed by atoms with van der Waals surface area (Å²) in [5.41, 5.74) is 0.755. The molecule has 1 fully saturated rings. The van der Waals surface area contributed by atoms with Crippen LogP contribution in [-0.4, -0.2) is 36.6 Å². The Balaban J connectivity index is 1.98. The van der Waals surface area contributed by atoms with Crippen LogP contribution in [0.15, 0.2) is 24.3 Å². The van der Waals surface area contributed by atoms with Crippen molar-refractivity contribution in [2.75, 3.05) is 24.6 Å². The fourth-order valence-corrected chi connectivity index (χ4v) is 2.34. The Hall–Kier alpha value is -1.59. The highest BCUT2D eigenvalue weighted by Crippen LogP contribution is 2.26. The van der Waals surface area contributed by atoms with E-state index in [4.69, 9.17) is 16.7 Å².